The van der Waals surface area contributed by atoms with Crippen molar-refractivity contribution in [1.82, 2.24) is 14.5 Å². The van der Waals surface area contributed by atoms with E-state index < -0.39 is 11.2 Å². The van der Waals surface area contributed by atoms with Gasteiger partial charge in [-0.1, -0.05) is 24.3 Å². The summed E-state index contributed by atoms with van der Waals surface area (Å²) in [6.45, 7) is 6.17. The molecular formula is C27H25FN4O2. The number of ether oxygens (including phenoxy) is 1. The number of rotatable bonds is 5. The van der Waals surface area contributed by atoms with Gasteiger partial charge in [0.2, 0.25) is 5.91 Å². The Kier molecular flexibility index (Phi) is 5.20. The van der Waals surface area contributed by atoms with Crippen LogP contribution in [0.1, 0.15) is 30.7 Å². The molecule has 0 spiro atoms. The lowest BCUT2D eigenvalue weighted by Crippen LogP contribution is -2.35. The standard InChI is InChI=1S/C27H25FN4O2/c1-17-11-25(22(28)13-29-17)31-15-23(30-16-31)19-7-10-21-24(12-19)32(26(33)27(21,2)3)14-18-5-8-20(34-4)9-6-18/h5-13,15-16H,14H2,1-4H3. The number of aromatic nitrogens is 3. The van der Waals surface area contributed by atoms with Gasteiger partial charge >= 0.3 is 0 Å². The van der Waals surface area contributed by atoms with Crippen molar-refractivity contribution in [1.29, 1.82) is 0 Å². The number of amides is 1. The summed E-state index contributed by atoms with van der Waals surface area (Å²) >= 11 is 0. The first-order valence-corrected chi connectivity index (χ1v) is 11.0. The zero-order valence-electron chi connectivity index (χ0n) is 19.5. The number of aryl methyl sites for hydroxylation is 1. The van der Waals surface area contributed by atoms with Gasteiger partial charge in [0, 0.05) is 23.1 Å². The smallest absolute Gasteiger partial charge is 0.237 e. The molecule has 6 nitrogen and oxygen atoms in total. The van der Waals surface area contributed by atoms with E-state index in [-0.39, 0.29) is 5.91 Å². The lowest BCUT2D eigenvalue weighted by atomic mass is 9.86. The lowest BCUT2D eigenvalue weighted by Gasteiger charge is -2.20. The highest BCUT2D eigenvalue weighted by Gasteiger charge is 2.43. The number of benzene rings is 2. The average Bonchev–Trinajstić information content (AvgIpc) is 3.39. The first-order chi connectivity index (χ1) is 16.3. The Labute approximate surface area is 197 Å². The Morgan fingerprint density at radius 1 is 1.03 bits per heavy atom. The monoisotopic (exact) mass is 456 g/mol. The zero-order valence-corrected chi connectivity index (χ0v) is 19.5. The molecule has 3 heterocycles. The predicted octanol–water partition coefficient (Wildman–Crippen LogP) is 5.21. The number of hydrogen-bond donors (Lipinski definition) is 0. The van der Waals surface area contributed by atoms with E-state index in [1.54, 1.807) is 30.3 Å². The highest BCUT2D eigenvalue weighted by atomic mass is 19.1. The Hall–Kier alpha value is -4.00. The van der Waals surface area contributed by atoms with E-state index in [1.807, 2.05) is 68.1 Å². The van der Waals surface area contributed by atoms with Gasteiger partial charge in [-0.25, -0.2) is 9.37 Å². The molecule has 2 aromatic heterocycles. The number of anilines is 1. The maximum absolute atomic E-state index is 14.3. The van der Waals surface area contributed by atoms with Crippen LogP contribution in [-0.2, 0) is 16.8 Å². The van der Waals surface area contributed by atoms with Crippen LogP contribution in [0.15, 0.2) is 67.3 Å². The Balaban J connectivity index is 1.51. The molecule has 0 unspecified atom stereocenters. The minimum Gasteiger partial charge on any atom is -0.497 e. The zero-order chi connectivity index (χ0) is 24.0. The molecule has 0 fully saturated rings. The fourth-order valence-electron chi connectivity index (χ4n) is 4.41. The van der Waals surface area contributed by atoms with Crippen LogP contribution in [0.2, 0.25) is 0 Å². The molecule has 0 saturated carbocycles. The molecule has 0 atom stereocenters. The van der Waals surface area contributed by atoms with Crippen LogP contribution in [0.3, 0.4) is 0 Å². The molecule has 0 saturated heterocycles. The number of hydrogen-bond acceptors (Lipinski definition) is 4. The molecule has 7 heteroatoms. The lowest BCUT2D eigenvalue weighted by molar-refractivity contribution is -0.122. The Morgan fingerprint density at radius 3 is 2.53 bits per heavy atom. The second-order valence-corrected chi connectivity index (χ2v) is 9.04. The van der Waals surface area contributed by atoms with Crippen molar-refractivity contribution < 1.29 is 13.9 Å². The summed E-state index contributed by atoms with van der Waals surface area (Å²) in [5, 5.41) is 0. The van der Waals surface area contributed by atoms with Crippen LogP contribution in [-0.4, -0.2) is 27.6 Å². The van der Waals surface area contributed by atoms with E-state index in [1.165, 1.54) is 6.20 Å². The van der Waals surface area contributed by atoms with Gasteiger partial charge in [-0.3, -0.25) is 9.78 Å². The van der Waals surface area contributed by atoms with Crippen LogP contribution >= 0.6 is 0 Å². The molecule has 1 aliphatic rings. The average molecular weight is 457 g/mol. The predicted molar refractivity (Wildman–Crippen MR) is 129 cm³/mol. The van der Waals surface area contributed by atoms with Crippen molar-refractivity contribution in [3.63, 3.8) is 0 Å². The first-order valence-electron chi connectivity index (χ1n) is 11.0. The molecule has 0 aliphatic carbocycles. The normalized spacial score (nSPS) is 14.4. The fourth-order valence-corrected chi connectivity index (χ4v) is 4.41. The van der Waals surface area contributed by atoms with Crippen molar-refractivity contribution in [3.8, 4) is 22.7 Å². The van der Waals surface area contributed by atoms with Crippen molar-refractivity contribution in [3.05, 3.63) is 89.9 Å². The third-order valence-corrected chi connectivity index (χ3v) is 6.37. The molecule has 0 N–H and O–H groups in total. The van der Waals surface area contributed by atoms with Gasteiger partial charge in [-0.2, -0.15) is 0 Å². The van der Waals surface area contributed by atoms with Crippen LogP contribution in [0.25, 0.3) is 16.9 Å². The van der Waals surface area contributed by atoms with Crippen molar-refractivity contribution in [2.75, 3.05) is 12.0 Å². The van der Waals surface area contributed by atoms with E-state index in [0.29, 0.717) is 17.9 Å². The number of carbonyl (C=O) groups excluding carboxylic acids is 1. The van der Waals surface area contributed by atoms with Gasteiger partial charge in [0.15, 0.2) is 5.82 Å². The van der Waals surface area contributed by atoms with Gasteiger partial charge < -0.3 is 14.2 Å². The molecule has 34 heavy (non-hydrogen) atoms. The van der Waals surface area contributed by atoms with Gasteiger partial charge in [-0.05, 0) is 56.2 Å². The maximum atomic E-state index is 14.3. The second kappa shape index (κ2) is 8.09. The molecule has 1 amide bonds. The largest absolute Gasteiger partial charge is 0.497 e. The van der Waals surface area contributed by atoms with Gasteiger partial charge in [0.05, 0.1) is 36.6 Å². The van der Waals surface area contributed by atoms with Crippen molar-refractivity contribution >= 4 is 11.6 Å². The summed E-state index contributed by atoms with van der Waals surface area (Å²) in [5.74, 6) is 0.410. The van der Waals surface area contributed by atoms with E-state index in [4.69, 9.17) is 4.74 Å². The number of imidazole rings is 1. The Morgan fingerprint density at radius 2 is 1.79 bits per heavy atom. The minimum absolute atomic E-state index is 0.0512. The molecule has 4 aromatic rings. The number of methoxy groups -OCH3 is 1. The topological polar surface area (TPSA) is 60.2 Å². The molecule has 0 bridgehead atoms. The number of fused-ring (bicyclic) bond motifs is 1. The van der Waals surface area contributed by atoms with Crippen LogP contribution in [0, 0.1) is 12.7 Å². The van der Waals surface area contributed by atoms with Gasteiger partial charge in [-0.15, -0.1) is 0 Å². The number of nitrogens with zero attached hydrogens (tertiary/aromatic N) is 4. The molecule has 2 aromatic carbocycles. The summed E-state index contributed by atoms with van der Waals surface area (Å²) in [6.07, 6.45) is 4.59. The third kappa shape index (κ3) is 3.63. The summed E-state index contributed by atoms with van der Waals surface area (Å²) in [6, 6.07) is 15.4. The van der Waals surface area contributed by atoms with E-state index in [9.17, 15) is 9.18 Å². The highest BCUT2D eigenvalue weighted by molar-refractivity contribution is 6.08. The highest BCUT2D eigenvalue weighted by Crippen LogP contribution is 2.44. The molecule has 0 radical (unpaired) electrons. The fraction of sp³-hybridized carbons (Fsp3) is 0.222. The van der Waals surface area contributed by atoms with Crippen LogP contribution in [0.4, 0.5) is 10.1 Å². The van der Waals surface area contributed by atoms with Gasteiger partial charge in [0.25, 0.3) is 0 Å². The number of halogens is 1. The minimum atomic E-state index is -0.628. The summed E-state index contributed by atoms with van der Waals surface area (Å²) in [7, 11) is 1.63. The van der Waals surface area contributed by atoms with Gasteiger partial charge in [0.1, 0.15) is 12.1 Å². The molecule has 5 rings (SSSR count). The van der Waals surface area contributed by atoms with E-state index in [2.05, 4.69) is 9.97 Å². The molecule has 172 valence electrons. The van der Waals surface area contributed by atoms with Crippen LogP contribution < -0.4 is 9.64 Å². The van der Waals surface area contributed by atoms with Crippen molar-refractivity contribution in [2.24, 2.45) is 0 Å². The van der Waals surface area contributed by atoms with E-state index >= 15 is 0 Å². The molecular weight excluding hydrogens is 431 g/mol. The third-order valence-electron chi connectivity index (χ3n) is 6.37. The summed E-state index contributed by atoms with van der Waals surface area (Å²) in [4.78, 5) is 23.7. The SMILES string of the molecule is COc1ccc(CN2C(=O)C(C)(C)c3ccc(-c4cn(-c5cc(C)ncc5F)cn4)cc32)cc1. The van der Waals surface area contributed by atoms with Crippen molar-refractivity contribution in [2.45, 2.75) is 32.7 Å². The summed E-state index contributed by atoms with van der Waals surface area (Å²) in [5.41, 5.74) is 4.89. The maximum Gasteiger partial charge on any atom is 0.237 e. The first kappa shape index (κ1) is 21.8. The molecule has 1 aliphatic heterocycles. The quantitative estimate of drug-likeness (QED) is 0.413. The van der Waals surface area contributed by atoms with E-state index in [0.717, 1.165) is 33.8 Å². The van der Waals surface area contributed by atoms with Crippen LogP contribution in [0.5, 0.6) is 5.75 Å². The Bertz CT molecular complexity index is 1390. The second-order valence-electron chi connectivity index (χ2n) is 9.04. The summed E-state index contributed by atoms with van der Waals surface area (Å²) < 4.78 is 21.2. The number of carbonyl (C=O) groups is 1. The number of pyridine rings is 1.